The molecule has 2 atom stereocenters. The molecule has 0 aromatic heterocycles. The standard InChI is InChI=1S/C15H18O4/c1-9-7-10(5-6-13(9)19-2)14(16)11-3-4-12(8-11)15(17)18/h5-7,11-12H,3-4,8H2,1-2H3,(H,17,18). The first-order valence-electron chi connectivity index (χ1n) is 6.44. The number of hydrogen-bond donors (Lipinski definition) is 1. The van der Waals surface area contributed by atoms with Crippen LogP contribution < -0.4 is 4.74 Å². The minimum atomic E-state index is -0.791. The summed E-state index contributed by atoms with van der Waals surface area (Å²) in [6.45, 7) is 1.89. The summed E-state index contributed by atoms with van der Waals surface area (Å²) < 4.78 is 5.16. The first-order chi connectivity index (χ1) is 9.02. The second-order valence-corrected chi connectivity index (χ2v) is 5.09. The van der Waals surface area contributed by atoms with E-state index in [1.54, 1.807) is 19.2 Å². The molecule has 102 valence electrons. The van der Waals surface area contributed by atoms with E-state index >= 15 is 0 Å². The van der Waals surface area contributed by atoms with Crippen molar-refractivity contribution < 1.29 is 19.4 Å². The van der Waals surface area contributed by atoms with Gasteiger partial charge in [0, 0.05) is 11.5 Å². The Labute approximate surface area is 112 Å². The number of carboxylic acid groups (broad SMARTS) is 1. The van der Waals surface area contributed by atoms with Crippen LogP contribution >= 0.6 is 0 Å². The number of carbonyl (C=O) groups excluding carboxylic acids is 1. The van der Waals surface area contributed by atoms with Gasteiger partial charge in [-0.3, -0.25) is 9.59 Å². The highest BCUT2D eigenvalue weighted by Crippen LogP contribution is 2.34. The van der Waals surface area contributed by atoms with Gasteiger partial charge in [0.25, 0.3) is 0 Å². The zero-order valence-electron chi connectivity index (χ0n) is 11.2. The molecule has 0 heterocycles. The minimum absolute atomic E-state index is 0.0505. The Morgan fingerprint density at radius 2 is 1.95 bits per heavy atom. The van der Waals surface area contributed by atoms with Crippen molar-refractivity contribution in [3.63, 3.8) is 0 Å². The van der Waals surface area contributed by atoms with E-state index in [4.69, 9.17) is 9.84 Å². The summed E-state index contributed by atoms with van der Waals surface area (Å²) in [4.78, 5) is 23.2. The van der Waals surface area contributed by atoms with Crippen LogP contribution in [0.25, 0.3) is 0 Å². The number of carbonyl (C=O) groups is 2. The number of carboxylic acids is 1. The Morgan fingerprint density at radius 1 is 1.26 bits per heavy atom. The average molecular weight is 262 g/mol. The Morgan fingerprint density at radius 3 is 2.47 bits per heavy atom. The van der Waals surface area contributed by atoms with E-state index in [0.717, 1.165) is 11.3 Å². The molecule has 4 nitrogen and oxygen atoms in total. The smallest absolute Gasteiger partial charge is 0.306 e. The van der Waals surface area contributed by atoms with Crippen LogP contribution in [0.3, 0.4) is 0 Å². The van der Waals surface area contributed by atoms with Gasteiger partial charge in [-0.15, -0.1) is 0 Å². The molecule has 1 aromatic carbocycles. The lowest BCUT2D eigenvalue weighted by Crippen LogP contribution is -2.14. The van der Waals surface area contributed by atoms with Gasteiger partial charge in [-0.25, -0.2) is 0 Å². The SMILES string of the molecule is COc1ccc(C(=O)C2CCC(C(=O)O)C2)cc1C. The normalized spacial score (nSPS) is 22.2. The lowest BCUT2D eigenvalue weighted by Gasteiger charge is -2.11. The molecule has 0 radical (unpaired) electrons. The van der Waals surface area contributed by atoms with Crippen LogP contribution in [0, 0.1) is 18.8 Å². The van der Waals surface area contributed by atoms with Gasteiger partial charge in [-0.1, -0.05) is 0 Å². The number of ketones is 1. The molecule has 1 saturated carbocycles. The molecule has 0 aliphatic heterocycles. The maximum absolute atomic E-state index is 12.3. The van der Waals surface area contributed by atoms with Gasteiger partial charge in [0.15, 0.2) is 5.78 Å². The van der Waals surface area contributed by atoms with Crippen molar-refractivity contribution in [2.45, 2.75) is 26.2 Å². The quantitative estimate of drug-likeness (QED) is 0.847. The number of aliphatic carboxylic acids is 1. The summed E-state index contributed by atoms with van der Waals surface area (Å²) >= 11 is 0. The monoisotopic (exact) mass is 262 g/mol. The van der Waals surface area contributed by atoms with Crippen LogP contribution in [0.2, 0.25) is 0 Å². The van der Waals surface area contributed by atoms with Gasteiger partial charge in [0.1, 0.15) is 5.75 Å². The van der Waals surface area contributed by atoms with E-state index in [0.29, 0.717) is 24.8 Å². The Hall–Kier alpha value is -1.84. The first-order valence-corrected chi connectivity index (χ1v) is 6.44. The molecule has 1 aliphatic rings. The fraction of sp³-hybridized carbons (Fsp3) is 0.467. The minimum Gasteiger partial charge on any atom is -0.496 e. The molecule has 0 amide bonds. The predicted molar refractivity (Wildman–Crippen MR) is 70.5 cm³/mol. The van der Waals surface area contributed by atoms with Crippen LogP contribution in [-0.2, 0) is 4.79 Å². The number of hydrogen-bond acceptors (Lipinski definition) is 3. The highest BCUT2D eigenvalue weighted by atomic mass is 16.5. The maximum atomic E-state index is 12.3. The molecule has 1 N–H and O–H groups in total. The fourth-order valence-corrected chi connectivity index (χ4v) is 2.71. The molecule has 1 fully saturated rings. The van der Waals surface area contributed by atoms with Crippen molar-refractivity contribution in [1.29, 1.82) is 0 Å². The largest absolute Gasteiger partial charge is 0.496 e. The third kappa shape index (κ3) is 2.78. The molecule has 19 heavy (non-hydrogen) atoms. The van der Waals surface area contributed by atoms with Crippen molar-refractivity contribution in [2.24, 2.45) is 11.8 Å². The van der Waals surface area contributed by atoms with Crippen molar-refractivity contribution in [2.75, 3.05) is 7.11 Å². The van der Waals surface area contributed by atoms with E-state index in [9.17, 15) is 9.59 Å². The van der Waals surface area contributed by atoms with E-state index in [1.807, 2.05) is 13.0 Å². The highest BCUT2D eigenvalue weighted by Gasteiger charge is 2.34. The molecule has 1 aliphatic carbocycles. The number of rotatable bonds is 4. The summed E-state index contributed by atoms with van der Waals surface area (Å²) in [5, 5.41) is 8.97. The van der Waals surface area contributed by atoms with Crippen LogP contribution in [-0.4, -0.2) is 24.0 Å². The lowest BCUT2D eigenvalue weighted by molar-refractivity contribution is -0.141. The van der Waals surface area contributed by atoms with Crippen LogP contribution in [0.1, 0.15) is 35.2 Å². The molecule has 1 aromatic rings. The molecular formula is C15H18O4. The maximum Gasteiger partial charge on any atom is 0.306 e. The molecule has 0 saturated heterocycles. The molecule has 0 spiro atoms. The van der Waals surface area contributed by atoms with Gasteiger partial charge in [0.2, 0.25) is 0 Å². The third-order valence-corrected chi connectivity index (χ3v) is 3.83. The van der Waals surface area contributed by atoms with Crippen molar-refractivity contribution in [1.82, 2.24) is 0 Å². The molecule has 4 heteroatoms. The summed E-state index contributed by atoms with van der Waals surface area (Å²) in [6.07, 6.45) is 1.72. The van der Waals surface area contributed by atoms with Crippen LogP contribution in [0.4, 0.5) is 0 Å². The van der Waals surface area contributed by atoms with E-state index in [-0.39, 0.29) is 17.6 Å². The summed E-state index contributed by atoms with van der Waals surface area (Å²) in [5.74, 6) is -0.510. The Bertz CT molecular complexity index is 507. The van der Waals surface area contributed by atoms with E-state index in [1.165, 1.54) is 0 Å². The zero-order valence-corrected chi connectivity index (χ0v) is 11.2. The van der Waals surface area contributed by atoms with Gasteiger partial charge in [0.05, 0.1) is 13.0 Å². The van der Waals surface area contributed by atoms with Crippen molar-refractivity contribution >= 4 is 11.8 Å². The number of benzene rings is 1. The Kier molecular flexibility index (Phi) is 3.88. The third-order valence-electron chi connectivity index (χ3n) is 3.83. The van der Waals surface area contributed by atoms with Gasteiger partial charge >= 0.3 is 5.97 Å². The summed E-state index contributed by atoms with van der Waals surface area (Å²) in [5.41, 5.74) is 1.57. The second-order valence-electron chi connectivity index (χ2n) is 5.09. The Balaban J connectivity index is 2.12. The number of aryl methyl sites for hydroxylation is 1. The zero-order chi connectivity index (χ0) is 14.0. The second kappa shape index (κ2) is 5.43. The first kappa shape index (κ1) is 13.6. The van der Waals surface area contributed by atoms with Crippen LogP contribution in [0.5, 0.6) is 5.75 Å². The predicted octanol–water partition coefficient (Wildman–Crippen LogP) is 2.69. The molecular weight excluding hydrogens is 244 g/mol. The number of Topliss-reactive ketones (excluding diaryl/α,β-unsaturated/α-hetero) is 1. The van der Waals surface area contributed by atoms with Crippen LogP contribution in [0.15, 0.2) is 18.2 Å². The van der Waals surface area contributed by atoms with Gasteiger partial charge in [-0.05, 0) is 49.9 Å². The number of ether oxygens (including phenoxy) is 1. The van der Waals surface area contributed by atoms with E-state index in [2.05, 4.69) is 0 Å². The average Bonchev–Trinajstić information content (AvgIpc) is 2.87. The van der Waals surface area contributed by atoms with Crippen molar-refractivity contribution in [3.8, 4) is 5.75 Å². The lowest BCUT2D eigenvalue weighted by atomic mass is 9.94. The van der Waals surface area contributed by atoms with Gasteiger partial charge < -0.3 is 9.84 Å². The van der Waals surface area contributed by atoms with Crippen molar-refractivity contribution in [3.05, 3.63) is 29.3 Å². The topological polar surface area (TPSA) is 63.6 Å². The van der Waals surface area contributed by atoms with E-state index < -0.39 is 5.97 Å². The highest BCUT2D eigenvalue weighted by molar-refractivity contribution is 5.98. The molecule has 2 rings (SSSR count). The molecule has 2 unspecified atom stereocenters. The number of methoxy groups -OCH3 is 1. The summed E-state index contributed by atoms with van der Waals surface area (Å²) in [6, 6.07) is 5.35. The summed E-state index contributed by atoms with van der Waals surface area (Å²) in [7, 11) is 1.60. The fourth-order valence-electron chi connectivity index (χ4n) is 2.71. The molecule has 0 bridgehead atoms. The van der Waals surface area contributed by atoms with Gasteiger partial charge in [-0.2, -0.15) is 0 Å².